The maximum absolute atomic E-state index is 12.4. The molecule has 0 aromatic heterocycles. The lowest BCUT2D eigenvalue weighted by atomic mass is 10.1. The van der Waals surface area contributed by atoms with Crippen molar-refractivity contribution in [1.82, 2.24) is 0 Å². The first-order valence-electron chi connectivity index (χ1n) is 8.13. The first-order valence-corrected chi connectivity index (χ1v) is 8.13. The first-order chi connectivity index (χ1) is 13.0. The Balaban J connectivity index is 2.27. The Morgan fingerprint density at radius 3 is 2.30 bits per heavy atom. The van der Waals surface area contributed by atoms with Gasteiger partial charge in [0.2, 0.25) is 0 Å². The number of methoxy groups -OCH3 is 3. The van der Waals surface area contributed by atoms with E-state index in [2.05, 4.69) is 6.58 Å². The molecule has 0 radical (unpaired) electrons. The van der Waals surface area contributed by atoms with E-state index in [0.29, 0.717) is 35.2 Å². The number of phenolic OH excluding ortho intramolecular Hbond substituents is 1. The molecule has 0 saturated carbocycles. The Hall–Kier alpha value is -3.41. The van der Waals surface area contributed by atoms with Crippen molar-refractivity contribution in [3.8, 4) is 28.7 Å². The third-order valence-electron chi connectivity index (χ3n) is 3.75. The molecule has 0 aliphatic carbocycles. The van der Waals surface area contributed by atoms with Crippen molar-refractivity contribution in [1.29, 1.82) is 0 Å². The molecular weight excluding hydrogens is 348 g/mol. The van der Waals surface area contributed by atoms with E-state index in [4.69, 9.17) is 18.9 Å². The first kappa shape index (κ1) is 19.9. The third kappa shape index (κ3) is 4.82. The molecule has 0 bridgehead atoms. The quantitative estimate of drug-likeness (QED) is 0.410. The number of allylic oxidation sites excluding steroid dienone is 1. The van der Waals surface area contributed by atoms with Crippen LogP contribution in [-0.4, -0.2) is 38.8 Å². The van der Waals surface area contributed by atoms with Gasteiger partial charge in [0.1, 0.15) is 23.9 Å². The van der Waals surface area contributed by atoms with Crippen LogP contribution in [0.25, 0.3) is 6.08 Å². The van der Waals surface area contributed by atoms with E-state index in [9.17, 15) is 9.90 Å². The molecule has 142 valence electrons. The van der Waals surface area contributed by atoms with Crippen LogP contribution in [0, 0.1) is 0 Å². The molecule has 0 amide bonds. The Morgan fingerprint density at radius 1 is 1.04 bits per heavy atom. The maximum Gasteiger partial charge on any atom is 0.189 e. The second-order valence-corrected chi connectivity index (χ2v) is 5.43. The average molecular weight is 370 g/mol. The summed E-state index contributed by atoms with van der Waals surface area (Å²) in [5.74, 6) is 1.48. The second kappa shape index (κ2) is 9.33. The van der Waals surface area contributed by atoms with Gasteiger partial charge >= 0.3 is 0 Å². The second-order valence-electron chi connectivity index (χ2n) is 5.43. The molecule has 2 aromatic carbocycles. The predicted molar refractivity (Wildman–Crippen MR) is 103 cm³/mol. The van der Waals surface area contributed by atoms with E-state index in [1.807, 2.05) is 0 Å². The molecule has 2 rings (SSSR count). The van der Waals surface area contributed by atoms with E-state index in [-0.39, 0.29) is 17.1 Å². The van der Waals surface area contributed by atoms with Gasteiger partial charge in [0.15, 0.2) is 17.3 Å². The van der Waals surface area contributed by atoms with Crippen LogP contribution in [0.15, 0.2) is 49.1 Å². The van der Waals surface area contributed by atoms with Gasteiger partial charge in [-0.05, 0) is 30.4 Å². The molecule has 0 fully saturated rings. The van der Waals surface area contributed by atoms with Crippen molar-refractivity contribution in [2.75, 3.05) is 27.9 Å². The fourth-order valence-electron chi connectivity index (χ4n) is 2.40. The van der Waals surface area contributed by atoms with Crippen molar-refractivity contribution in [2.45, 2.75) is 0 Å². The van der Waals surface area contributed by atoms with Gasteiger partial charge in [0.25, 0.3) is 0 Å². The summed E-state index contributed by atoms with van der Waals surface area (Å²) in [6.07, 6.45) is 4.53. The molecule has 1 N–H and O–H groups in total. The Kier molecular flexibility index (Phi) is 6.88. The Morgan fingerprint density at radius 2 is 1.70 bits per heavy atom. The van der Waals surface area contributed by atoms with E-state index in [0.717, 1.165) is 0 Å². The average Bonchev–Trinajstić information content (AvgIpc) is 2.69. The molecule has 0 spiro atoms. The molecule has 0 heterocycles. The number of carbonyl (C=O) groups excluding carboxylic acids is 1. The summed E-state index contributed by atoms with van der Waals surface area (Å²) in [5.41, 5.74) is 0.797. The summed E-state index contributed by atoms with van der Waals surface area (Å²) in [6.45, 7) is 3.87. The summed E-state index contributed by atoms with van der Waals surface area (Å²) in [7, 11) is 4.58. The van der Waals surface area contributed by atoms with Crippen LogP contribution >= 0.6 is 0 Å². The van der Waals surface area contributed by atoms with E-state index in [1.54, 1.807) is 30.4 Å². The molecule has 6 heteroatoms. The maximum atomic E-state index is 12.4. The van der Waals surface area contributed by atoms with E-state index < -0.39 is 0 Å². The minimum atomic E-state index is -0.361. The fraction of sp³-hybridized carbons (Fsp3) is 0.190. The summed E-state index contributed by atoms with van der Waals surface area (Å²) in [5, 5.41) is 10.1. The van der Waals surface area contributed by atoms with Crippen molar-refractivity contribution in [2.24, 2.45) is 0 Å². The topological polar surface area (TPSA) is 74.2 Å². The van der Waals surface area contributed by atoms with Crippen LogP contribution in [-0.2, 0) is 0 Å². The van der Waals surface area contributed by atoms with Crippen molar-refractivity contribution >= 4 is 11.9 Å². The smallest absolute Gasteiger partial charge is 0.189 e. The minimum absolute atomic E-state index is 0.162. The zero-order valence-corrected chi connectivity index (χ0v) is 15.5. The SMILES string of the molecule is C=CCOc1ccc(C(=O)/C=C/c2cc(OC)c(OC)cc2OC)c(O)c1. The minimum Gasteiger partial charge on any atom is -0.507 e. The number of hydrogen-bond donors (Lipinski definition) is 1. The molecule has 0 unspecified atom stereocenters. The van der Waals surface area contributed by atoms with Crippen molar-refractivity contribution in [3.63, 3.8) is 0 Å². The number of phenols is 1. The largest absolute Gasteiger partial charge is 0.507 e. The molecule has 2 aromatic rings. The number of carbonyl (C=O) groups is 1. The van der Waals surface area contributed by atoms with Crippen molar-refractivity contribution in [3.05, 3.63) is 60.2 Å². The van der Waals surface area contributed by atoms with Gasteiger partial charge < -0.3 is 24.1 Å². The predicted octanol–water partition coefficient (Wildman–Crippen LogP) is 3.88. The van der Waals surface area contributed by atoms with Gasteiger partial charge in [-0.15, -0.1) is 0 Å². The lowest BCUT2D eigenvalue weighted by molar-refractivity contribution is 0.104. The zero-order valence-electron chi connectivity index (χ0n) is 15.5. The Labute approximate surface area is 158 Å². The number of hydrogen-bond acceptors (Lipinski definition) is 6. The number of aromatic hydroxyl groups is 1. The van der Waals surface area contributed by atoms with Crippen LogP contribution in [0.4, 0.5) is 0 Å². The van der Waals surface area contributed by atoms with Gasteiger partial charge in [0, 0.05) is 17.7 Å². The molecule has 0 saturated heterocycles. The van der Waals surface area contributed by atoms with E-state index >= 15 is 0 Å². The molecule has 0 aliphatic rings. The molecular formula is C21H22O6. The molecule has 0 atom stereocenters. The molecule has 27 heavy (non-hydrogen) atoms. The standard InChI is InChI=1S/C21H22O6/c1-5-10-27-15-7-8-16(18(23)12-15)17(22)9-6-14-11-20(25-3)21(26-4)13-19(14)24-2/h5-9,11-13,23H,1,10H2,2-4H3/b9-6+. The zero-order chi connectivity index (χ0) is 19.8. The highest BCUT2D eigenvalue weighted by atomic mass is 16.5. The highest BCUT2D eigenvalue weighted by Crippen LogP contribution is 2.35. The lowest BCUT2D eigenvalue weighted by Gasteiger charge is -2.12. The Bertz CT molecular complexity index is 854. The number of rotatable bonds is 9. The van der Waals surface area contributed by atoms with Crippen LogP contribution in [0.2, 0.25) is 0 Å². The summed E-state index contributed by atoms with van der Waals surface area (Å²) >= 11 is 0. The van der Waals surface area contributed by atoms with Crippen LogP contribution in [0.3, 0.4) is 0 Å². The highest BCUT2D eigenvalue weighted by molar-refractivity contribution is 6.08. The summed E-state index contributed by atoms with van der Waals surface area (Å²) in [6, 6.07) is 7.88. The lowest BCUT2D eigenvalue weighted by Crippen LogP contribution is -1.98. The highest BCUT2D eigenvalue weighted by Gasteiger charge is 2.12. The fourth-order valence-corrected chi connectivity index (χ4v) is 2.40. The van der Waals surface area contributed by atoms with Gasteiger partial charge in [-0.3, -0.25) is 4.79 Å². The van der Waals surface area contributed by atoms with Crippen LogP contribution in [0.5, 0.6) is 28.7 Å². The molecule has 0 aliphatic heterocycles. The monoisotopic (exact) mass is 370 g/mol. The summed E-state index contributed by atoms with van der Waals surface area (Å²) < 4.78 is 21.2. The van der Waals surface area contributed by atoms with Gasteiger partial charge in [-0.25, -0.2) is 0 Å². The van der Waals surface area contributed by atoms with E-state index in [1.165, 1.54) is 39.5 Å². The normalized spacial score (nSPS) is 10.5. The van der Waals surface area contributed by atoms with Gasteiger partial charge in [-0.1, -0.05) is 12.7 Å². The molecule has 6 nitrogen and oxygen atoms in total. The number of ether oxygens (including phenoxy) is 4. The van der Waals surface area contributed by atoms with Crippen LogP contribution in [0.1, 0.15) is 15.9 Å². The number of ketones is 1. The van der Waals surface area contributed by atoms with Gasteiger partial charge in [-0.2, -0.15) is 0 Å². The third-order valence-corrected chi connectivity index (χ3v) is 3.75. The van der Waals surface area contributed by atoms with Gasteiger partial charge in [0.05, 0.1) is 26.9 Å². The summed E-state index contributed by atoms with van der Waals surface area (Å²) in [4.78, 5) is 12.4. The van der Waals surface area contributed by atoms with Crippen molar-refractivity contribution < 1.29 is 28.8 Å². The van der Waals surface area contributed by atoms with Crippen LogP contribution < -0.4 is 18.9 Å². The number of benzene rings is 2.